The molecule has 1 heterocycles. The number of halogens is 1. The number of hydrogen-bond donors (Lipinski definition) is 2. The van der Waals surface area contributed by atoms with Crippen molar-refractivity contribution in [2.24, 2.45) is 11.8 Å². The van der Waals surface area contributed by atoms with Gasteiger partial charge in [0.1, 0.15) is 5.82 Å². The average Bonchev–Trinajstić information content (AvgIpc) is 3.16. The van der Waals surface area contributed by atoms with Gasteiger partial charge in [-0.3, -0.25) is 4.90 Å². The van der Waals surface area contributed by atoms with Crippen LogP contribution in [-0.4, -0.2) is 34.7 Å². The molecule has 2 aromatic rings. The highest BCUT2D eigenvalue weighted by Gasteiger charge is 2.49. The van der Waals surface area contributed by atoms with E-state index in [1.54, 1.807) is 12.1 Å². The lowest BCUT2D eigenvalue weighted by molar-refractivity contribution is 0.0288. The number of fused-ring (bicyclic) bond motifs is 1. The molecule has 0 radical (unpaired) electrons. The number of benzene rings is 2. The van der Waals surface area contributed by atoms with Crippen molar-refractivity contribution in [3.63, 3.8) is 0 Å². The second-order valence-corrected chi connectivity index (χ2v) is 10.1. The van der Waals surface area contributed by atoms with Crippen molar-refractivity contribution >= 4 is 0 Å². The summed E-state index contributed by atoms with van der Waals surface area (Å²) in [4.78, 5) is 2.26. The van der Waals surface area contributed by atoms with Gasteiger partial charge < -0.3 is 10.2 Å². The topological polar surface area (TPSA) is 43.7 Å². The molecular formula is C25H32FNO2. The summed E-state index contributed by atoms with van der Waals surface area (Å²) in [6.45, 7) is 8.85. The lowest BCUT2D eigenvalue weighted by atomic mass is 9.84. The lowest BCUT2D eigenvalue weighted by Crippen LogP contribution is -2.31. The molecule has 4 rings (SSSR count). The van der Waals surface area contributed by atoms with Crippen LogP contribution in [0.2, 0.25) is 0 Å². The number of rotatable bonds is 4. The molecule has 4 heteroatoms. The Hall–Kier alpha value is -1.75. The fraction of sp³-hybridized carbons (Fsp3) is 0.520. The molecule has 2 fully saturated rings. The smallest absolute Gasteiger partial charge is 0.123 e. The molecule has 29 heavy (non-hydrogen) atoms. The van der Waals surface area contributed by atoms with Crippen molar-refractivity contribution in [2.45, 2.75) is 50.7 Å². The minimum absolute atomic E-state index is 0.107. The van der Waals surface area contributed by atoms with Gasteiger partial charge in [-0.2, -0.15) is 0 Å². The number of β-amino-alcohol motifs (C(OH)–C–C–N with tert-alkyl or cyclic N) is 1. The van der Waals surface area contributed by atoms with Crippen molar-refractivity contribution < 1.29 is 14.6 Å². The highest BCUT2D eigenvalue weighted by Crippen LogP contribution is 2.49. The van der Waals surface area contributed by atoms with Gasteiger partial charge in [-0.1, -0.05) is 57.2 Å². The van der Waals surface area contributed by atoms with Gasteiger partial charge in [0.15, 0.2) is 0 Å². The number of hydrogen-bond acceptors (Lipinski definition) is 3. The highest BCUT2D eigenvalue weighted by atomic mass is 19.1. The number of nitrogens with zero attached hydrogens (tertiary/aromatic N) is 1. The summed E-state index contributed by atoms with van der Waals surface area (Å²) >= 11 is 0. The third-order valence-corrected chi connectivity index (χ3v) is 6.80. The summed E-state index contributed by atoms with van der Waals surface area (Å²) in [7, 11) is 0. The number of likely N-dealkylation sites (tertiary alicyclic amines) is 1. The van der Waals surface area contributed by atoms with Gasteiger partial charge in [-0.15, -0.1) is 0 Å². The fourth-order valence-corrected chi connectivity index (χ4v) is 5.18. The van der Waals surface area contributed by atoms with E-state index in [1.807, 2.05) is 0 Å². The molecule has 2 aliphatic rings. The van der Waals surface area contributed by atoms with E-state index >= 15 is 0 Å². The predicted molar refractivity (Wildman–Crippen MR) is 113 cm³/mol. The number of aliphatic hydroxyl groups excluding tert-OH is 1. The van der Waals surface area contributed by atoms with Gasteiger partial charge >= 0.3 is 0 Å². The minimum Gasteiger partial charge on any atom is -0.387 e. The maximum Gasteiger partial charge on any atom is 0.123 e. The van der Waals surface area contributed by atoms with Gasteiger partial charge in [0.05, 0.1) is 11.7 Å². The molecule has 1 aliphatic heterocycles. The summed E-state index contributed by atoms with van der Waals surface area (Å²) in [5.74, 6) is 0.548. The zero-order valence-electron chi connectivity index (χ0n) is 17.6. The Labute approximate surface area is 173 Å². The Morgan fingerprint density at radius 1 is 1.07 bits per heavy atom. The van der Waals surface area contributed by atoms with Crippen molar-refractivity contribution in [2.75, 3.05) is 19.6 Å². The van der Waals surface area contributed by atoms with Crippen molar-refractivity contribution in [3.8, 4) is 0 Å². The van der Waals surface area contributed by atoms with E-state index in [-0.39, 0.29) is 11.2 Å². The van der Waals surface area contributed by atoms with Crippen LogP contribution in [0.15, 0.2) is 48.5 Å². The van der Waals surface area contributed by atoms with Crippen LogP contribution in [0.3, 0.4) is 0 Å². The predicted octanol–water partition coefficient (Wildman–Crippen LogP) is 4.39. The Bertz CT molecular complexity index is 844. The quantitative estimate of drug-likeness (QED) is 0.804. The molecule has 2 N–H and O–H groups in total. The average molecular weight is 398 g/mol. The summed E-state index contributed by atoms with van der Waals surface area (Å²) in [6.07, 6.45) is 0.839. The molecule has 3 nitrogen and oxygen atoms in total. The van der Waals surface area contributed by atoms with Crippen LogP contribution in [0.5, 0.6) is 0 Å². The van der Waals surface area contributed by atoms with Crippen LogP contribution in [0.4, 0.5) is 4.39 Å². The first-order chi connectivity index (χ1) is 13.6. The number of aliphatic hydroxyl groups is 2. The second-order valence-electron chi connectivity index (χ2n) is 10.1. The Morgan fingerprint density at radius 3 is 2.24 bits per heavy atom. The van der Waals surface area contributed by atoms with Gasteiger partial charge in [-0.25, -0.2) is 4.39 Å². The third-order valence-electron chi connectivity index (χ3n) is 6.80. The van der Waals surface area contributed by atoms with E-state index in [0.717, 1.165) is 31.5 Å². The Balaban J connectivity index is 1.38. The first-order valence-corrected chi connectivity index (χ1v) is 10.6. The van der Waals surface area contributed by atoms with E-state index in [0.29, 0.717) is 23.9 Å². The van der Waals surface area contributed by atoms with E-state index in [2.05, 4.69) is 49.9 Å². The first kappa shape index (κ1) is 20.5. The van der Waals surface area contributed by atoms with Gasteiger partial charge in [0, 0.05) is 19.6 Å². The molecule has 156 valence electrons. The minimum atomic E-state index is -0.751. The molecule has 4 atom stereocenters. The van der Waals surface area contributed by atoms with E-state index < -0.39 is 11.7 Å². The van der Waals surface area contributed by atoms with Crippen LogP contribution in [-0.2, 0) is 11.0 Å². The van der Waals surface area contributed by atoms with Gasteiger partial charge in [0.2, 0.25) is 0 Å². The van der Waals surface area contributed by atoms with E-state index in [1.165, 1.54) is 17.7 Å². The largest absolute Gasteiger partial charge is 0.387 e. The molecule has 0 bridgehead atoms. The standard InChI is InChI=1S/C25H32FNO2/c1-24(2,3)20-7-9-21(10-8-20)25(29)12-18-14-27(15-19(18)13-25)16-23(28)17-5-4-6-22(26)11-17/h4-11,18-19,23,28-29H,12-16H2,1-3H3/t18-,19+,23?,25?. The molecular weight excluding hydrogens is 365 g/mol. The van der Waals surface area contributed by atoms with Crippen LogP contribution >= 0.6 is 0 Å². The van der Waals surface area contributed by atoms with Crippen LogP contribution in [0.1, 0.15) is 56.4 Å². The molecule has 0 amide bonds. The second kappa shape index (κ2) is 7.50. The molecule has 1 aliphatic carbocycles. The van der Waals surface area contributed by atoms with Crippen LogP contribution in [0.25, 0.3) is 0 Å². The van der Waals surface area contributed by atoms with Crippen LogP contribution < -0.4 is 0 Å². The normalized spacial score (nSPS) is 28.5. The van der Waals surface area contributed by atoms with Crippen molar-refractivity contribution in [1.29, 1.82) is 0 Å². The van der Waals surface area contributed by atoms with E-state index in [4.69, 9.17) is 0 Å². The zero-order chi connectivity index (χ0) is 20.8. The van der Waals surface area contributed by atoms with Gasteiger partial charge in [0.25, 0.3) is 0 Å². The van der Waals surface area contributed by atoms with Gasteiger partial charge in [-0.05, 0) is 58.9 Å². The van der Waals surface area contributed by atoms with Crippen molar-refractivity contribution in [3.05, 3.63) is 71.0 Å². The van der Waals surface area contributed by atoms with Crippen molar-refractivity contribution in [1.82, 2.24) is 4.90 Å². The fourth-order valence-electron chi connectivity index (χ4n) is 5.18. The molecule has 2 unspecified atom stereocenters. The summed E-state index contributed by atoms with van der Waals surface area (Å²) in [5, 5.41) is 21.8. The Morgan fingerprint density at radius 2 is 1.69 bits per heavy atom. The Kier molecular flexibility index (Phi) is 5.30. The molecule has 1 saturated heterocycles. The maximum absolute atomic E-state index is 13.4. The van der Waals surface area contributed by atoms with E-state index in [9.17, 15) is 14.6 Å². The molecule has 0 spiro atoms. The zero-order valence-corrected chi connectivity index (χ0v) is 17.6. The third kappa shape index (κ3) is 4.25. The highest BCUT2D eigenvalue weighted by molar-refractivity contribution is 5.32. The molecule has 0 aromatic heterocycles. The first-order valence-electron chi connectivity index (χ1n) is 10.6. The summed E-state index contributed by atoms with van der Waals surface area (Å²) in [5.41, 5.74) is 2.28. The van der Waals surface area contributed by atoms with Crippen LogP contribution in [0, 0.1) is 17.7 Å². The maximum atomic E-state index is 13.4. The summed E-state index contributed by atoms with van der Waals surface area (Å²) < 4.78 is 13.4. The molecule has 2 aromatic carbocycles. The summed E-state index contributed by atoms with van der Waals surface area (Å²) in [6, 6.07) is 14.7. The lowest BCUT2D eigenvalue weighted by Gasteiger charge is -2.28. The monoisotopic (exact) mass is 397 g/mol. The molecule has 1 saturated carbocycles. The SMILES string of the molecule is CC(C)(C)c1ccc(C2(O)C[C@H]3CN(CC(O)c4cccc(F)c4)C[C@H]3C2)cc1.